The van der Waals surface area contributed by atoms with E-state index in [-0.39, 0.29) is 22.2 Å². The SMILES string of the molecule is O=C(O)C1CN(S(=O)(=O)c2ccc(Br)cc2)c2c(Cl)cccc21. The number of carboxylic acid groups (broad SMARTS) is 1. The number of rotatable bonds is 3. The minimum Gasteiger partial charge on any atom is -0.481 e. The molecule has 0 spiro atoms. The van der Waals surface area contributed by atoms with Crippen LogP contribution in [-0.2, 0) is 14.8 Å². The first kappa shape index (κ1) is 16.3. The van der Waals surface area contributed by atoms with Gasteiger partial charge >= 0.3 is 5.97 Å². The molecule has 2 aromatic rings. The van der Waals surface area contributed by atoms with Crippen LogP contribution in [-0.4, -0.2) is 26.0 Å². The van der Waals surface area contributed by atoms with Gasteiger partial charge < -0.3 is 5.11 Å². The molecule has 1 aliphatic rings. The summed E-state index contributed by atoms with van der Waals surface area (Å²) in [7, 11) is -3.89. The molecule has 0 saturated heterocycles. The fourth-order valence-corrected chi connectivity index (χ4v) is 4.72. The molecule has 23 heavy (non-hydrogen) atoms. The monoisotopic (exact) mass is 415 g/mol. The Kier molecular flexibility index (Phi) is 4.12. The van der Waals surface area contributed by atoms with E-state index in [2.05, 4.69) is 15.9 Å². The lowest BCUT2D eigenvalue weighted by Crippen LogP contribution is -2.31. The summed E-state index contributed by atoms with van der Waals surface area (Å²) in [5.74, 6) is -2.02. The Morgan fingerprint density at radius 3 is 2.48 bits per heavy atom. The van der Waals surface area contributed by atoms with Crippen molar-refractivity contribution in [1.29, 1.82) is 0 Å². The van der Waals surface area contributed by atoms with Crippen molar-refractivity contribution in [3.8, 4) is 0 Å². The molecular weight excluding hydrogens is 406 g/mol. The van der Waals surface area contributed by atoms with E-state index in [1.165, 1.54) is 12.1 Å². The van der Waals surface area contributed by atoms with Gasteiger partial charge in [-0.25, -0.2) is 8.42 Å². The Labute approximate surface area is 146 Å². The Morgan fingerprint density at radius 1 is 1.22 bits per heavy atom. The van der Waals surface area contributed by atoms with Crippen LogP contribution in [0.3, 0.4) is 0 Å². The predicted octanol–water partition coefficient (Wildman–Crippen LogP) is 3.48. The van der Waals surface area contributed by atoms with Gasteiger partial charge in [0.05, 0.1) is 22.2 Å². The third-order valence-electron chi connectivity index (χ3n) is 3.69. The van der Waals surface area contributed by atoms with Crippen LogP contribution in [0.25, 0.3) is 0 Å². The first-order chi connectivity index (χ1) is 10.8. The molecule has 0 saturated carbocycles. The number of carboxylic acids is 1. The van der Waals surface area contributed by atoms with Crippen molar-refractivity contribution in [3.63, 3.8) is 0 Å². The van der Waals surface area contributed by atoms with Crippen molar-refractivity contribution in [3.05, 3.63) is 57.5 Å². The lowest BCUT2D eigenvalue weighted by Gasteiger charge is -2.20. The van der Waals surface area contributed by atoms with Crippen molar-refractivity contribution < 1.29 is 18.3 Å². The molecule has 120 valence electrons. The van der Waals surface area contributed by atoms with Gasteiger partial charge in [0.15, 0.2) is 0 Å². The number of benzene rings is 2. The van der Waals surface area contributed by atoms with Crippen LogP contribution in [0.15, 0.2) is 51.8 Å². The highest BCUT2D eigenvalue weighted by atomic mass is 79.9. The first-order valence-corrected chi connectivity index (χ1v) is 9.23. The van der Waals surface area contributed by atoms with E-state index in [1.54, 1.807) is 30.3 Å². The third kappa shape index (κ3) is 2.73. The van der Waals surface area contributed by atoms with Crippen LogP contribution < -0.4 is 4.31 Å². The summed E-state index contributed by atoms with van der Waals surface area (Å²) in [6.45, 7) is -0.174. The molecule has 1 heterocycles. The highest BCUT2D eigenvalue weighted by Crippen LogP contribution is 2.44. The summed E-state index contributed by atoms with van der Waals surface area (Å²) < 4.78 is 27.6. The molecule has 1 atom stereocenters. The highest BCUT2D eigenvalue weighted by molar-refractivity contribution is 9.10. The largest absolute Gasteiger partial charge is 0.481 e. The summed E-state index contributed by atoms with van der Waals surface area (Å²) in [6, 6.07) is 10.9. The number of fused-ring (bicyclic) bond motifs is 1. The van der Waals surface area contributed by atoms with Gasteiger partial charge in [-0.3, -0.25) is 9.10 Å². The van der Waals surface area contributed by atoms with Gasteiger partial charge in [-0.15, -0.1) is 0 Å². The Morgan fingerprint density at radius 2 is 1.87 bits per heavy atom. The second-order valence-corrected chi connectivity index (χ2v) is 8.24. The minimum absolute atomic E-state index is 0.0811. The number of aliphatic carboxylic acids is 1. The van der Waals surface area contributed by atoms with Crippen molar-refractivity contribution in [2.24, 2.45) is 0 Å². The van der Waals surface area contributed by atoms with Crippen LogP contribution >= 0.6 is 27.5 Å². The van der Waals surface area contributed by atoms with Gasteiger partial charge in [-0.2, -0.15) is 0 Å². The molecule has 8 heteroatoms. The average Bonchev–Trinajstić information content (AvgIpc) is 2.89. The number of anilines is 1. The van der Waals surface area contributed by atoms with Crippen LogP contribution in [0.1, 0.15) is 11.5 Å². The number of sulfonamides is 1. The predicted molar refractivity (Wildman–Crippen MR) is 90.5 cm³/mol. The van der Waals surface area contributed by atoms with Crippen molar-refractivity contribution in [2.75, 3.05) is 10.8 Å². The zero-order valence-corrected chi connectivity index (χ0v) is 14.8. The molecule has 0 aromatic heterocycles. The Bertz CT molecular complexity index is 883. The fraction of sp³-hybridized carbons (Fsp3) is 0.133. The first-order valence-electron chi connectivity index (χ1n) is 6.62. The molecule has 0 amide bonds. The van der Waals surface area contributed by atoms with Gasteiger partial charge in [-0.05, 0) is 35.9 Å². The summed E-state index contributed by atoms with van der Waals surface area (Å²) in [6.07, 6.45) is 0. The zero-order chi connectivity index (χ0) is 16.8. The number of carbonyl (C=O) groups is 1. The van der Waals surface area contributed by atoms with E-state index < -0.39 is 21.9 Å². The minimum atomic E-state index is -3.89. The standard InChI is InChI=1S/C15H11BrClNO4S/c16-9-4-6-10(7-5-9)23(21,22)18-8-12(15(19)20)11-2-1-3-13(17)14(11)18/h1-7,12H,8H2,(H,19,20). The number of hydrogen-bond acceptors (Lipinski definition) is 3. The lowest BCUT2D eigenvalue weighted by molar-refractivity contribution is -0.138. The Hall–Kier alpha value is -1.57. The second kappa shape index (κ2) is 5.81. The Balaban J connectivity index is 2.15. The van der Waals surface area contributed by atoms with Crippen LogP contribution in [0.4, 0.5) is 5.69 Å². The van der Waals surface area contributed by atoms with Crippen LogP contribution in [0.2, 0.25) is 5.02 Å². The van der Waals surface area contributed by atoms with Crippen molar-refractivity contribution in [2.45, 2.75) is 10.8 Å². The maximum absolute atomic E-state index is 12.9. The lowest BCUT2D eigenvalue weighted by atomic mass is 10.0. The number of halogens is 2. The average molecular weight is 417 g/mol. The van der Waals surface area contributed by atoms with E-state index >= 15 is 0 Å². The van der Waals surface area contributed by atoms with E-state index in [9.17, 15) is 18.3 Å². The van der Waals surface area contributed by atoms with E-state index in [0.29, 0.717) is 5.56 Å². The van der Waals surface area contributed by atoms with Gasteiger partial charge in [0, 0.05) is 4.47 Å². The molecule has 1 N–H and O–H groups in total. The quantitative estimate of drug-likeness (QED) is 0.831. The van der Waals surface area contributed by atoms with Gasteiger partial charge in [0.1, 0.15) is 5.92 Å². The van der Waals surface area contributed by atoms with Gasteiger partial charge in [-0.1, -0.05) is 39.7 Å². The molecule has 2 aromatic carbocycles. The molecule has 1 unspecified atom stereocenters. The summed E-state index contributed by atoms with van der Waals surface area (Å²) in [4.78, 5) is 11.5. The van der Waals surface area contributed by atoms with E-state index in [0.717, 1.165) is 8.78 Å². The number of nitrogens with zero attached hydrogens (tertiary/aromatic N) is 1. The molecule has 5 nitrogen and oxygen atoms in total. The van der Waals surface area contributed by atoms with Crippen molar-refractivity contribution >= 4 is 49.2 Å². The maximum atomic E-state index is 12.9. The number of para-hydroxylation sites is 1. The second-order valence-electron chi connectivity index (χ2n) is 5.06. The maximum Gasteiger partial charge on any atom is 0.312 e. The molecule has 0 bridgehead atoms. The molecule has 0 radical (unpaired) electrons. The normalized spacial score (nSPS) is 17.1. The summed E-state index contributed by atoms with van der Waals surface area (Å²) in [5, 5.41) is 9.59. The molecule has 0 fully saturated rings. The number of hydrogen-bond donors (Lipinski definition) is 1. The molecule has 1 aliphatic heterocycles. The molecular formula is C15H11BrClNO4S. The van der Waals surface area contributed by atoms with E-state index in [1.807, 2.05) is 0 Å². The van der Waals surface area contributed by atoms with E-state index in [4.69, 9.17) is 11.6 Å². The molecule has 3 rings (SSSR count). The summed E-state index contributed by atoms with van der Waals surface area (Å²) >= 11 is 9.40. The highest BCUT2D eigenvalue weighted by Gasteiger charge is 2.41. The topological polar surface area (TPSA) is 74.7 Å². The van der Waals surface area contributed by atoms with Crippen LogP contribution in [0, 0.1) is 0 Å². The fourth-order valence-electron chi connectivity index (χ4n) is 2.60. The van der Waals surface area contributed by atoms with Crippen LogP contribution in [0.5, 0.6) is 0 Å². The van der Waals surface area contributed by atoms with Crippen molar-refractivity contribution in [1.82, 2.24) is 0 Å². The van der Waals surface area contributed by atoms with Gasteiger partial charge in [0.25, 0.3) is 10.0 Å². The third-order valence-corrected chi connectivity index (χ3v) is 6.30. The van der Waals surface area contributed by atoms with Gasteiger partial charge in [0.2, 0.25) is 0 Å². The summed E-state index contributed by atoms with van der Waals surface area (Å²) in [5.41, 5.74) is 0.648. The molecule has 0 aliphatic carbocycles. The zero-order valence-electron chi connectivity index (χ0n) is 11.6. The smallest absolute Gasteiger partial charge is 0.312 e.